The Balaban J connectivity index is 4.39. The number of alkyl halides is 6. The molecule has 0 bridgehead atoms. The van der Waals surface area contributed by atoms with Crippen LogP contribution in [0.4, 0.5) is 26.3 Å². The fraction of sp³-hybridized carbons (Fsp3) is 1.00. The van der Waals surface area contributed by atoms with E-state index in [4.69, 9.17) is 4.89 Å². The summed E-state index contributed by atoms with van der Waals surface area (Å²) in [6.07, 6.45) is -13.9. The molecular formula is C6H8F6O2P+. The first kappa shape index (κ1) is 14.6. The standard InChI is InChI=1S/C6H7F6O2P/c7-5(8,9)1-4(3-15(13)14)2-6(10,11)12/h4H,1-3H2/p+1. The molecule has 15 heavy (non-hydrogen) atoms. The van der Waals surface area contributed by atoms with E-state index in [-0.39, 0.29) is 0 Å². The first-order valence-electron chi connectivity index (χ1n) is 3.76. The fourth-order valence-corrected chi connectivity index (χ4v) is 1.78. The van der Waals surface area contributed by atoms with Gasteiger partial charge in [-0.2, -0.15) is 31.2 Å². The zero-order valence-electron chi connectivity index (χ0n) is 7.27. The van der Waals surface area contributed by atoms with Gasteiger partial charge >= 0.3 is 20.4 Å². The highest BCUT2D eigenvalue weighted by atomic mass is 31.1. The van der Waals surface area contributed by atoms with Crippen molar-refractivity contribution in [1.82, 2.24) is 0 Å². The SMILES string of the molecule is O=[P+](O)CC(CC(F)(F)F)CC(F)(F)F. The van der Waals surface area contributed by atoms with Crippen LogP contribution >= 0.6 is 8.03 Å². The predicted octanol–water partition coefficient (Wildman–Crippen LogP) is 3.24. The molecule has 0 amide bonds. The van der Waals surface area contributed by atoms with E-state index in [1.54, 1.807) is 0 Å². The average molecular weight is 257 g/mol. The molecule has 0 radical (unpaired) electrons. The quantitative estimate of drug-likeness (QED) is 0.620. The second-order valence-corrected chi connectivity index (χ2v) is 4.11. The van der Waals surface area contributed by atoms with E-state index >= 15 is 0 Å². The highest BCUT2D eigenvalue weighted by Crippen LogP contribution is 2.36. The molecule has 0 heterocycles. The van der Waals surface area contributed by atoms with E-state index in [2.05, 4.69) is 0 Å². The van der Waals surface area contributed by atoms with E-state index in [0.29, 0.717) is 0 Å². The maximum atomic E-state index is 11.8. The Labute approximate surface area is 82.1 Å². The van der Waals surface area contributed by atoms with Crippen molar-refractivity contribution in [3.8, 4) is 0 Å². The van der Waals surface area contributed by atoms with Crippen molar-refractivity contribution in [2.45, 2.75) is 25.2 Å². The van der Waals surface area contributed by atoms with Crippen molar-refractivity contribution >= 4 is 8.03 Å². The molecule has 9 heteroatoms. The van der Waals surface area contributed by atoms with Crippen LogP contribution in [0.15, 0.2) is 0 Å². The van der Waals surface area contributed by atoms with Crippen LogP contribution in [0.2, 0.25) is 0 Å². The molecule has 0 rings (SSSR count). The molecule has 1 atom stereocenters. The van der Waals surface area contributed by atoms with E-state index in [0.717, 1.165) is 0 Å². The Morgan fingerprint density at radius 2 is 1.33 bits per heavy atom. The maximum absolute atomic E-state index is 11.8. The molecule has 0 saturated heterocycles. The van der Waals surface area contributed by atoms with Gasteiger partial charge in [-0.25, -0.2) is 0 Å². The maximum Gasteiger partial charge on any atom is 0.505 e. The third-order valence-corrected chi connectivity index (χ3v) is 2.28. The van der Waals surface area contributed by atoms with Crippen molar-refractivity contribution in [2.75, 3.05) is 6.16 Å². The summed E-state index contributed by atoms with van der Waals surface area (Å²) in [4.78, 5) is 8.29. The van der Waals surface area contributed by atoms with Crippen LogP contribution in [0.1, 0.15) is 12.8 Å². The van der Waals surface area contributed by atoms with Gasteiger partial charge in [0.2, 0.25) is 0 Å². The molecular weight excluding hydrogens is 249 g/mol. The van der Waals surface area contributed by atoms with Gasteiger partial charge in [-0.05, 0) is 4.57 Å². The summed E-state index contributed by atoms with van der Waals surface area (Å²) in [6, 6.07) is 0. The molecule has 1 N–H and O–H groups in total. The predicted molar refractivity (Wildman–Crippen MR) is 39.5 cm³/mol. The van der Waals surface area contributed by atoms with Gasteiger partial charge in [0.1, 0.15) is 0 Å². The molecule has 0 saturated carbocycles. The molecule has 90 valence electrons. The third-order valence-electron chi connectivity index (χ3n) is 1.45. The number of rotatable bonds is 4. The van der Waals surface area contributed by atoms with Gasteiger partial charge in [0.05, 0.1) is 12.8 Å². The monoisotopic (exact) mass is 257 g/mol. The van der Waals surface area contributed by atoms with Crippen molar-refractivity contribution in [2.24, 2.45) is 5.92 Å². The summed E-state index contributed by atoms with van der Waals surface area (Å²) in [6.45, 7) is 0. The Morgan fingerprint density at radius 3 is 1.53 bits per heavy atom. The Hall–Kier alpha value is -0.360. The molecule has 1 unspecified atom stereocenters. The summed E-state index contributed by atoms with van der Waals surface area (Å²) in [7, 11) is -3.00. The molecule has 0 aromatic rings. The van der Waals surface area contributed by atoms with Crippen molar-refractivity contribution in [1.29, 1.82) is 0 Å². The van der Waals surface area contributed by atoms with Gasteiger partial charge in [-0.3, -0.25) is 0 Å². The first-order valence-corrected chi connectivity index (χ1v) is 5.16. The topological polar surface area (TPSA) is 37.3 Å². The van der Waals surface area contributed by atoms with Gasteiger partial charge in [0, 0.05) is 5.92 Å². The van der Waals surface area contributed by atoms with Gasteiger partial charge in [0.15, 0.2) is 6.16 Å². The van der Waals surface area contributed by atoms with Crippen molar-refractivity contribution in [3.63, 3.8) is 0 Å². The van der Waals surface area contributed by atoms with Crippen LogP contribution in [0, 0.1) is 5.92 Å². The molecule has 0 fully saturated rings. The van der Waals surface area contributed by atoms with Crippen molar-refractivity contribution < 1.29 is 35.8 Å². The lowest BCUT2D eigenvalue weighted by Crippen LogP contribution is -2.23. The Kier molecular flexibility index (Phi) is 4.99. The summed E-state index contributed by atoms with van der Waals surface area (Å²) >= 11 is 0. The normalized spacial score (nSPS) is 14.5. The third kappa shape index (κ3) is 9.93. The fourth-order valence-electron chi connectivity index (χ4n) is 1.08. The van der Waals surface area contributed by atoms with E-state index in [1.807, 2.05) is 0 Å². The molecule has 0 aromatic carbocycles. The van der Waals surface area contributed by atoms with Crippen molar-refractivity contribution in [3.05, 3.63) is 0 Å². The van der Waals surface area contributed by atoms with Crippen LogP contribution in [0.5, 0.6) is 0 Å². The Bertz CT molecular complexity index is 207. The number of hydrogen-bond donors (Lipinski definition) is 1. The van der Waals surface area contributed by atoms with Gasteiger partial charge in [-0.1, -0.05) is 0 Å². The Morgan fingerprint density at radius 1 is 1.00 bits per heavy atom. The number of hydrogen-bond acceptors (Lipinski definition) is 1. The largest absolute Gasteiger partial charge is 0.505 e. The first-order chi connectivity index (χ1) is 6.49. The summed E-state index contributed by atoms with van der Waals surface area (Å²) < 4.78 is 80.9. The number of halogens is 6. The zero-order valence-corrected chi connectivity index (χ0v) is 8.16. The smallest absolute Gasteiger partial charge is 0.171 e. The summed E-state index contributed by atoms with van der Waals surface area (Å²) in [5, 5.41) is 0. The highest BCUT2D eigenvalue weighted by molar-refractivity contribution is 7.38. The van der Waals surface area contributed by atoms with E-state index in [9.17, 15) is 30.9 Å². The molecule has 0 aromatic heterocycles. The van der Waals surface area contributed by atoms with Crippen LogP contribution < -0.4 is 0 Å². The van der Waals surface area contributed by atoms with E-state index in [1.165, 1.54) is 0 Å². The molecule has 0 aliphatic rings. The lowest BCUT2D eigenvalue weighted by molar-refractivity contribution is -0.170. The zero-order chi connectivity index (χ0) is 12.3. The lowest BCUT2D eigenvalue weighted by Gasteiger charge is -2.15. The van der Waals surface area contributed by atoms with Gasteiger partial charge in [0.25, 0.3) is 0 Å². The summed E-state index contributed by atoms with van der Waals surface area (Å²) in [5.41, 5.74) is 0. The minimum Gasteiger partial charge on any atom is -0.171 e. The van der Waals surface area contributed by atoms with Crippen LogP contribution in [-0.4, -0.2) is 23.4 Å². The average Bonchev–Trinajstić information content (AvgIpc) is 1.73. The van der Waals surface area contributed by atoms with Crippen LogP contribution in [-0.2, 0) is 4.57 Å². The second kappa shape index (κ2) is 5.12. The molecule has 0 aliphatic heterocycles. The molecule has 0 spiro atoms. The minimum absolute atomic E-state index is 0.992. The van der Waals surface area contributed by atoms with Crippen LogP contribution in [0.25, 0.3) is 0 Å². The minimum atomic E-state index is -4.76. The molecule has 2 nitrogen and oxygen atoms in total. The summed E-state index contributed by atoms with van der Waals surface area (Å²) in [5.74, 6) is -1.89. The van der Waals surface area contributed by atoms with Gasteiger partial charge < -0.3 is 0 Å². The molecule has 0 aliphatic carbocycles. The highest BCUT2D eigenvalue weighted by Gasteiger charge is 2.41. The van der Waals surface area contributed by atoms with Crippen LogP contribution in [0.3, 0.4) is 0 Å². The van der Waals surface area contributed by atoms with Gasteiger partial charge in [-0.15, -0.1) is 0 Å². The second-order valence-electron chi connectivity index (χ2n) is 3.04. The lowest BCUT2D eigenvalue weighted by atomic mass is 10.0. The van der Waals surface area contributed by atoms with E-state index < -0.39 is 45.3 Å².